The molecule has 0 saturated heterocycles. The van der Waals surface area contributed by atoms with Gasteiger partial charge < -0.3 is 14.8 Å². The highest BCUT2D eigenvalue weighted by atomic mass is 16.5. The number of aryl methyl sites for hydroxylation is 1. The fourth-order valence-electron chi connectivity index (χ4n) is 1.45. The van der Waals surface area contributed by atoms with Gasteiger partial charge in [0.1, 0.15) is 5.75 Å². The Morgan fingerprint density at radius 1 is 1.41 bits per heavy atom. The highest BCUT2D eigenvalue weighted by Gasteiger charge is 2.04. The molecule has 4 nitrogen and oxygen atoms in total. The molecule has 1 N–H and O–H groups in total. The Bertz CT molecular complexity index is 388. The third-order valence-electron chi connectivity index (χ3n) is 2.22. The van der Waals surface area contributed by atoms with Crippen molar-refractivity contribution in [3.63, 3.8) is 0 Å². The topological polar surface area (TPSA) is 47.6 Å². The second-order valence-electron chi connectivity index (χ2n) is 4.11. The number of amides is 1. The van der Waals surface area contributed by atoms with Crippen LogP contribution in [-0.4, -0.2) is 19.3 Å². The smallest absolute Gasteiger partial charge is 0.407 e. The number of carbonyl (C=O) groups is 1. The van der Waals surface area contributed by atoms with Crippen LogP contribution in [-0.2, 0) is 11.3 Å². The van der Waals surface area contributed by atoms with Crippen LogP contribution in [0.1, 0.15) is 25.0 Å². The average molecular weight is 237 g/mol. The first kappa shape index (κ1) is 13.4. The summed E-state index contributed by atoms with van der Waals surface area (Å²) in [5.74, 6) is 0.877. The van der Waals surface area contributed by atoms with Crippen molar-refractivity contribution in [1.29, 1.82) is 0 Å². The lowest BCUT2D eigenvalue weighted by molar-refractivity contribution is 0.170. The summed E-state index contributed by atoms with van der Waals surface area (Å²) in [7, 11) is 1.35. The molecule has 94 valence electrons. The summed E-state index contributed by atoms with van der Waals surface area (Å²) < 4.78 is 10.1. The fourth-order valence-corrected chi connectivity index (χ4v) is 1.45. The Morgan fingerprint density at radius 3 is 2.65 bits per heavy atom. The van der Waals surface area contributed by atoms with Crippen LogP contribution in [0, 0.1) is 6.92 Å². The Kier molecular flexibility index (Phi) is 4.82. The number of nitrogens with one attached hydrogen (secondary N) is 1. The molecule has 1 amide bonds. The lowest BCUT2D eigenvalue weighted by Crippen LogP contribution is -2.22. The van der Waals surface area contributed by atoms with Gasteiger partial charge in [0.05, 0.1) is 13.2 Å². The number of hydrogen-bond donors (Lipinski definition) is 1. The van der Waals surface area contributed by atoms with Crippen LogP contribution >= 0.6 is 0 Å². The van der Waals surface area contributed by atoms with Gasteiger partial charge in [0.2, 0.25) is 0 Å². The molecule has 1 rings (SSSR count). The molecule has 0 radical (unpaired) electrons. The summed E-state index contributed by atoms with van der Waals surface area (Å²) in [6.45, 7) is 6.42. The molecule has 0 atom stereocenters. The number of alkyl carbamates (subject to hydrolysis) is 1. The molecule has 0 aliphatic heterocycles. The van der Waals surface area contributed by atoms with Gasteiger partial charge in [-0.15, -0.1) is 0 Å². The standard InChI is InChI=1S/C13H19NO3/c1-9(2)17-12-6-5-11(7-10(12)3)8-14-13(15)16-4/h5-7,9H,8H2,1-4H3,(H,14,15). The molecule has 0 aliphatic rings. The van der Waals surface area contributed by atoms with Gasteiger partial charge in [0.15, 0.2) is 0 Å². The maximum atomic E-state index is 10.9. The zero-order valence-electron chi connectivity index (χ0n) is 10.7. The second kappa shape index (κ2) is 6.13. The summed E-state index contributed by atoms with van der Waals surface area (Å²) in [4.78, 5) is 10.9. The van der Waals surface area contributed by atoms with Crippen molar-refractivity contribution in [2.75, 3.05) is 7.11 Å². The molecule has 0 fully saturated rings. The van der Waals surface area contributed by atoms with E-state index in [1.807, 2.05) is 39.0 Å². The van der Waals surface area contributed by atoms with Crippen molar-refractivity contribution in [2.45, 2.75) is 33.4 Å². The van der Waals surface area contributed by atoms with Crippen LogP contribution in [0.2, 0.25) is 0 Å². The Morgan fingerprint density at radius 2 is 2.12 bits per heavy atom. The monoisotopic (exact) mass is 237 g/mol. The van der Waals surface area contributed by atoms with Gasteiger partial charge in [-0.1, -0.05) is 12.1 Å². The Labute approximate surface area is 102 Å². The highest BCUT2D eigenvalue weighted by Crippen LogP contribution is 2.20. The summed E-state index contributed by atoms with van der Waals surface area (Å²) in [5.41, 5.74) is 2.08. The molecule has 1 aromatic carbocycles. The van der Waals surface area contributed by atoms with Gasteiger partial charge >= 0.3 is 6.09 Å². The summed E-state index contributed by atoms with van der Waals surface area (Å²) in [5, 5.41) is 2.63. The largest absolute Gasteiger partial charge is 0.491 e. The van der Waals surface area contributed by atoms with E-state index in [9.17, 15) is 4.79 Å². The van der Waals surface area contributed by atoms with E-state index >= 15 is 0 Å². The minimum atomic E-state index is -0.426. The lowest BCUT2D eigenvalue weighted by atomic mass is 10.1. The van der Waals surface area contributed by atoms with E-state index in [-0.39, 0.29) is 6.10 Å². The number of carbonyl (C=O) groups excluding carboxylic acids is 1. The van der Waals surface area contributed by atoms with Crippen LogP contribution in [0.5, 0.6) is 5.75 Å². The molecule has 17 heavy (non-hydrogen) atoms. The summed E-state index contributed by atoms with van der Waals surface area (Å²) in [6, 6.07) is 5.85. The van der Waals surface area contributed by atoms with Gasteiger partial charge in [-0.25, -0.2) is 4.79 Å². The van der Waals surface area contributed by atoms with Crippen molar-refractivity contribution in [1.82, 2.24) is 5.32 Å². The molecular weight excluding hydrogens is 218 g/mol. The summed E-state index contributed by atoms with van der Waals surface area (Å²) >= 11 is 0. The molecule has 0 aromatic heterocycles. The van der Waals surface area contributed by atoms with E-state index in [1.165, 1.54) is 7.11 Å². The zero-order chi connectivity index (χ0) is 12.8. The quantitative estimate of drug-likeness (QED) is 0.875. The van der Waals surface area contributed by atoms with Crippen LogP contribution < -0.4 is 10.1 Å². The first-order valence-electron chi connectivity index (χ1n) is 5.61. The van der Waals surface area contributed by atoms with E-state index in [2.05, 4.69) is 10.1 Å². The number of ether oxygens (including phenoxy) is 2. The van der Waals surface area contributed by atoms with E-state index in [1.54, 1.807) is 0 Å². The second-order valence-corrected chi connectivity index (χ2v) is 4.11. The van der Waals surface area contributed by atoms with E-state index in [0.717, 1.165) is 16.9 Å². The van der Waals surface area contributed by atoms with Crippen LogP contribution in [0.4, 0.5) is 4.79 Å². The SMILES string of the molecule is COC(=O)NCc1ccc(OC(C)C)c(C)c1. The van der Waals surface area contributed by atoms with Crippen LogP contribution in [0.15, 0.2) is 18.2 Å². The number of benzene rings is 1. The van der Waals surface area contributed by atoms with E-state index in [0.29, 0.717) is 6.54 Å². The van der Waals surface area contributed by atoms with Crippen molar-refractivity contribution < 1.29 is 14.3 Å². The van der Waals surface area contributed by atoms with Crippen molar-refractivity contribution in [3.8, 4) is 5.75 Å². The number of methoxy groups -OCH3 is 1. The molecular formula is C13H19NO3. The fraction of sp³-hybridized carbons (Fsp3) is 0.462. The molecule has 1 aromatic rings. The predicted octanol–water partition coefficient (Wildman–Crippen LogP) is 2.64. The minimum absolute atomic E-state index is 0.160. The minimum Gasteiger partial charge on any atom is -0.491 e. The molecule has 0 spiro atoms. The van der Waals surface area contributed by atoms with Gasteiger partial charge in [-0.2, -0.15) is 0 Å². The molecule has 4 heteroatoms. The van der Waals surface area contributed by atoms with Crippen molar-refractivity contribution in [3.05, 3.63) is 29.3 Å². The normalized spacial score (nSPS) is 10.2. The van der Waals surface area contributed by atoms with Gasteiger partial charge in [-0.3, -0.25) is 0 Å². The Balaban J connectivity index is 2.65. The molecule has 0 unspecified atom stereocenters. The summed E-state index contributed by atoms with van der Waals surface area (Å²) in [6.07, 6.45) is -0.266. The van der Waals surface area contributed by atoms with E-state index in [4.69, 9.17) is 4.74 Å². The van der Waals surface area contributed by atoms with Crippen molar-refractivity contribution in [2.24, 2.45) is 0 Å². The van der Waals surface area contributed by atoms with Crippen molar-refractivity contribution >= 4 is 6.09 Å². The first-order valence-corrected chi connectivity index (χ1v) is 5.61. The van der Waals surface area contributed by atoms with E-state index < -0.39 is 6.09 Å². The average Bonchev–Trinajstić information content (AvgIpc) is 2.28. The van der Waals surface area contributed by atoms with Gasteiger partial charge in [0.25, 0.3) is 0 Å². The molecule has 0 saturated carbocycles. The predicted molar refractivity (Wildman–Crippen MR) is 66.2 cm³/mol. The number of hydrogen-bond acceptors (Lipinski definition) is 3. The third kappa shape index (κ3) is 4.34. The molecule has 0 heterocycles. The first-order chi connectivity index (χ1) is 8.02. The van der Waals surface area contributed by atoms with Crippen LogP contribution in [0.3, 0.4) is 0 Å². The van der Waals surface area contributed by atoms with Gasteiger partial charge in [0, 0.05) is 6.54 Å². The maximum absolute atomic E-state index is 10.9. The lowest BCUT2D eigenvalue weighted by Gasteiger charge is -2.13. The highest BCUT2D eigenvalue weighted by molar-refractivity contribution is 5.66. The van der Waals surface area contributed by atoms with Crippen LogP contribution in [0.25, 0.3) is 0 Å². The number of rotatable bonds is 4. The third-order valence-corrected chi connectivity index (χ3v) is 2.22. The Hall–Kier alpha value is -1.71. The zero-order valence-corrected chi connectivity index (χ0v) is 10.7. The van der Waals surface area contributed by atoms with Gasteiger partial charge in [-0.05, 0) is 38.0 Å². The maximum Gasteiger partial charge on any atom is 0.407 e. The molecule has 0 bridgehead atoms. The molecule has 0 aliphatic carbocycles.